The number of aromatic nitrogens is 1. The third-order valence-corrected chi connectivity index (χ3v) is 2.99. The molecule has 1 aliphatic rings. The molecule has 0 aliphatic carbocycles. The first-order chi connectivity index (χ1) is 8.56. The Balaban J connectivity index is 2.10. The van der Waals surface area contributed by atoms with Gasteiger partial charge in [0.2, 0.25) is 0 Å². The fraction of sp³-hybridized carbons (Fsp3) is 0.500. The second-order valence-corrected chi connectivity index (χ2v) is 4.47. The molecule has 1 fully saturated rings. The molecule has 2 heterocycles. The van der Waals surface area contributed by atoms with Crippen molar-refractivity contribution in [3.63, 3.8) is 0 Å². The number of ether oxygens (including phenoxy) is 1. The van der Waals surface area contributed by atoms with Gasteiger partial charge in [-0.15, -0.1) is 0 Å². The number of pyridine rings is 1. The number of carbonyl (C=O) groups is 1. The summed E-state index contributed by atoms with van der Waals surface area (Å²) in [5.74, 6) is -1.09. The Morgan fingerprint density at radius 2 is 2.39 bits per heavy atom. The second-order valence-electron chi connectivity index (χ2n) is 4.47. The molecular weight excluding hydrogens is 236 g/mol. The number of hydrogen-bond donors (Lipinski definition) is 1. The van der Waals surface area contributed by atoms with Crippen LogP contribution in [0.25, 0.3) is 0 Å². The van der Waals surface area contributed by atoms with Gasteiger partial charge in [-0.3, -0.25) is 4.79 Å². The first-order valence-corrected chi connectivity index (χ1v) is 5.80. The highest BCUT2D eigenvalue weighted by Gasteiger charge is 2.18. The summed E-state index contributed by atoms with van der Waals surface area (Å²) in [6, 6.07) is 2.56. The highest BCUT2D eigenvalue weighted by molar-refractivity contribution is 5.87. The molecule has 1 saturated heterocycles. The fourth-order valence-electron chi connectivity index (χ4n) is 1.99. The lowest BCUT2D eigenvalue weighted by Gasteiger charge is -2.30. The number of morpholine rings is 1. The minimum atomic E-state index is -1.09. The minimum Gasteiger partial charge on any atom is -0.478 e. The second kappa shape index (κ2) is 5.32. The average molecular weight is 252 g/mol. The maximum Gasteiger partial charge on any atom is 0.335 e. The Morgan fingerprint density at radius 3 is 3.00 bits per heavy atom. The Hall–Kier alpha value is -1.66. The molecule has 0 spiro atoms. The summed E-state index contributed by atoms with van der Waals surface area (Å²) in [4.78, 5) is 24.6. The summed E-state index contributed by atoms with van der Waals surface area (Å²) in [6.45, 7) is 2.77. The quantitative estimate of drug-likeness (QED) is 0.812. The van der Waals surface area contributed by atoms with Gasteiger partial charge in [-0.2, -0.15) is 0 Å². The Labute approximate surface area is 104 Å². The summed E-state index contributed by atoms with van der Waals surface area (Å²) >= 11 is 0. The van der Waals surface area contributed by atoms with Gasteiger partial charge in [-0.25, -0.2) is 4.79 Å². The first-order valence-electron chi connectivity index (χ1n) is 5.80. The van der Waals surface area contributed by atoms with Crippen molar-refractivity contribution in [2.24, 2.45) is 0 Å². The van der Waals surface area contributed by atoms with E-state index in [0.29, 0.717) is 13.2 Å². The zero-order valence-electron chi connectivity index (χ0n) is 10.2. The van der Waals surface area contributed by atoms with Crippen LogP contribution < -0.4 is 5.56 Å². The van der Waals surface area contributed by atoms with Crippen molar-refractivity contribution in [3.8, 4) is 0 Å². The van der Waals surface area contributed by atoms with E-state index in [2.05, 4.69) is 4.90 Å². The average Bonchev–Trinajstić information content (AvgIpc) is 2.31. The SMILES string of the molecule is CN1CCOC(Cn2ccc(C(=O)O)cc2=O)C1. The molecule has 1 N–H and O–H groups in total. The lowest BCUT2D eigenvalue weighted by molar-refractivity contribution is -0.0279. The molecule has 0 amide bonds. The molecule has 1 aromatic rings. The number of rotatable bonds is 3. The minimum absolute atomic E-state index is 0.0120. The molecule has 0 bridgehead atoms. The van der Waals surface area contributed by atoms with Gasteiger partial charge in [0.15, 0.2) is 0 Å². The van der Waals surface area contributed by atoms with Crippen LogP contribution in [0.4, 0.5) is 0 Å². The maximum absolute atomic E-state index is 11.7. The van der Waals surface area contributed by atoms with Gasteiger partial charge in [0.25, 0.3) is 5.56 Å². The molecule has 0 radical (unpaired) electrons. The number of aromatic carboxylic acids is 1. The predicted octanol–water partition coefficient (Wildman–Crippen LogP) is -0.123. The molecule has 0 aromatic carbocycles. The van der Waals surface area contributed by atoms with E-state index in [1.165, 1.54) is 16.8 Å². The molecule has 2 rings (SSSR count). The molecule has 0 saturated carbocycles. The van der Waals surface area contributed by atoms with E-state index in [1.807, 2.05) is 7.05 Å². The monoisotopic (exact) mass is 252 g/mol. The van der Waals surface area contributed by atoms with Crippen LogP contribution in [0.5, 0.6) is 0 Å². The third kappa shape index (κ3) is 2.96. The van der Waals surface area contributed by atoms with Crippen molar-refractivity contribution < 1.29 is 14.6 Å². The molecule has 18 heavy (non-hydrogen) atoms. The van der Waals surface area contributed by atoms with Gasteiger partial charge < -0.3 is 19.3 Å². The fourth-order valence-corrected chi connectivity index (χ4v) is 1.99. The van der Waals surface area contributed by atoms with Crippen molar-refractivity contribution in [1.29, 1.82) is 0 Å². The predicted molar refractivity (Wildman–Crippen MR) is 64.9 cm³/mol. The van der Waals surface area contributed by atoms with E-state index < -0.39 is 5.97 Å². The van der Waals surface area contributed by atoms with Gasteiger partial charge in [-0.05, 0) is 13.1 Å². The maximum atomic E-state index is 11.7. The van der Waals surface area contributed by atoms with Crippen molar-refractivity contribution >= 4 is 5.97 Å². The number of carboxylic acid groups (broad SMARTS) is 1. The lowest BCUT2D eigenvalue weighted by Crippen LogP contribution is -2.43. The Kier molecular flexibility index (Phi) is 3.78. The van der Waals surface area contributed by atoms with Crippen molar-refractivity contribution in [1.82, 2.24) is 9.47 Å². The van der Waals surface area contributed by atoms with E-state index in [1.54, 1.807) is 0 Å². The highest BCUT2D eigenvalue weighted by Crippen LogP contribution is 2.05. The van der Waals surface area contributed by atoms with Crippen LogP contribution in [0.2, 0.25) is 0 Å². The van der Waals surface area contributed by atoms with Crippen molar-refractivity contribution in [2.75, 3.05) is 26.7 Å². The van der Waals surface area contributed by atoms with Crippen LogP contribution in [0.3, 0.4) is 0 Å². The van der Waals surface area contributed by atoms with Crippen LogP contribution in [-0.4, -0.2) is 53.4 Å². The molecule has 98 valence electrons. The summed E-state index contributed by atoms with van der Waals surface area (Å²) in [5.41, 5.74) is -0.301. The molecule has 6 heteroatoms. The largest absolute Gasteiger partial charge is 0.478 e. The Morgan fingerprint density at radius 1 is 1.61 bits per heavy atom. The van der Waals surface area contributed by atoms with Gasteiger partial charge in [0.05, 0.1) is 24.8 Å². The van der Waals surface area contributed by atoms with Crippen LogP contribution >= 0.6 is 0 Å². The molecule has 1 unspecified atom stereocenters. The zero-order valence-corrected chi connectivity index (χ0v) is 10.2. The zero-order chi connectivity index (χ0) is 13.1. The number of likely N-dealkylation sites (N-methyl/N-ethyl adjacent to an activating group) is 1. The topological polar surface area (TPSA) is 71.8 Å². The number of hydrogen-bond acceptors (Lipinski definition) is 4. The smallest absolute Gasteiger partial charge is 0.335 e. The van der Waals surface area contributed by atoms with Gasteiger partial charge >= 0.3 is 5.97 Å². The highest BCUT2D eigenvalue weighted by atomic mass is 16.5. The van der Waals surface area contributed by atoms with Gasteiger partial charge in [0, 0.05) is 25.4 Å². The Bertz CT molecular complexity index is 497. The number of carboxylic acids is 1. The number of nitrogens with zero attached hydrogens (tertiary/aromatic N) is 2. The molecule has 6 nitrogen and oxygen atoms in total. The van der Waals surface area contributed by atoms with E-state index in [-0.39, 0.29) is 17.2 Å². The van der Waals surface area contributed by atoms with Crippen molar-refractivity contribution in [3.05, 3.63) is 34.2 Å². The van der Waals surface area contributed by atoms with E-state index in [0.717, 1.165) is 19.2 Å². The van der Waals surface area contributed by atoms with Gasteiger partial charge in [-0.1, -0.05) is 0 Å². The normalized spacial score (nSPS) is 20.8. The standard InChI is InChI=1S/C12H16N2O4/c1-13-4-5-18-10(7-13)8-14-3-2-9(12(16)17)6-11(14)15/h2-3,6,10H,4-5,7-8H2,1H3,(H,16,17). The molecule has 1 aliphatic heterocycles. The summed E-state index contributed by atoms with van der Waals surface area (Å²) in [5, 5.41) is 8.78. The lowest BCUT2D eigenvalue weighted by atomic mass is 10.2. The molecule has 1 atom stereocenters. The van der Waals surface area contributed by atoms with E-state index in [9.17, 15) is 9.59 Å². The van der Waals surface area contributed by atoms with E-state index >= 15 is 0 Å². The van der Waals surface area contributed by atoms with Crippen LogP contribution in [0, 0.1) is 0 Å². The third-order valence-electron chi connectivity index (χ3n) is 2.99. The molecule has 1 aromatic heterocycles. The first kappa shape index (κ1) is 12.8. The van der Waals surface area contributed by atoms with Crippen LogP contribution in [0.1, 0.15) is 10.4 Å². The molecular formula is C12H16N2O4. The summed E-state index contributed by atoms with van der Waals surface area (Å²) < 4.78 is 7.05. The van der Waals surface area contributed by atoms with Crippen molar-refractivity contribution in [2.45, 2.75) is 12.6 Å². The summed E-state index contributed by atoms with van der Waals surface area (Å²) in [7, 11) is 2.01. The van der Waals surface area contributed by atoms with Crippen LogP contribution in [-0.2, 0) is 11.3 Å². The van der Waals surface area contributed by atoms with Gasteiger partial charge in [0.1, 0.15) is 0 Å². The van der Waals surface area contributed by atoms with E-state index in [4.69, 9.17) is 9.84 Å². The summed E-state index contributed by atoms with van der Waals surface area (Å²) in [6.07, 6.45) is 1.47. The van der Waals surface area contributed by atoms with Crippen LogP contribution in [0.15, 0.2) is 23.1 Å².